The molecule has 2 N–H and O–H groups in total. The fourth-order valence-electron chi connectivity index (χ4n) is 1.70. The third kappa shape index (κ3) is 5.13. The second-order valence-corrected chi connectivity index (χ2v) is 5.79. The Kier molecular flexibility index (Phi) is 7.61. The standard InChI is InChI=1S/C13H25N5OS/c1-5-14-11-15-12(18(6-2)7-3)17-13(16-11)20-10(4)8-9-19/h10,19H,5-9H2,1-4H3,(H,14,15,16,17). The number of aromatic nitrogens is 3. The number of nitrogens with zero attached hydrogens (tertiary/aromatic N) is 4. The van der Waals surface area contributed by atoms with Gasteiger partial charge in [0.2, 0.25) is 11.9 Å². The third-order valence-electron chi connectivity index (χ3n) is 2.83. The summed E-state index contributed by atoms with van der Waals surface area (Å²) in [6.07, 6.45) is 0.730. The van der Waals surface area contributed by atoms with Crippen LogP contribution < -0.4 is 10.2 Å². The predicted octanol–water partition coefficient (Wildman–Crippen LogP) is 2.01. The number of nitrogens with one attached hydrogen (secondary N) is 1. The van der Waals surface area contributed by atoms with Gasteiger partial charge in [0.1, 0.15) is 0 Å². The summed E-state index contributed by atoms with van der Waals surface area (Å²) in [5.41, 5.74) is 0. The van der Waals surface area contributed by atoms with Gasteiger partial charge in [0.15, 0.2) is 5.16 Å². The van der Waals surface area contributed by atoms with E-state index in [0.717, 1.165) is 26.1 Å². The minimum atomic E-state index is 0.183. The molecular weight excluding hydrogens is 274 g/mol. The molecule has 0 aliphatic rings. The summed E-state index contributed by atoms with van der Waals surface area (Å²) in [7, 11) is 0. The molecule has 20 heavy (non-hydrogen) atoms. The van der Waals surface area contributed by atoms with E-state index in [1.54, 1.807) is 11.8 Å². The molecule has 0 fully saturated rings. The number of thioether (sulfide) groups is 1. The molecule has 1 atom stereocenters. The highest BCUT2D eigenvalue weighted by molar-refractivity contribution is 7.99. The fraction of sp³-hybridized carbons (Fsp3) is 0.769. The van der Waals surface area contributed by atoms with Crippen molar-refractivity contribution in [1.29, 1.82) is 0 Å². The molecule has 0 aliphatic carbocycles. The Morgan fingerprint density at radius 3 is 2.45 bits per heavy atom. The molecule has 0 bridgehead atoms. The zero-order chi connectivity index (χ0) is 15.0. The fourth-order valence-corrected chi connectivity index (χ4v) is 2.56. The van der Waals surface area contributed by atoms with Gasteiger partial charge in [-0.3, -0.25) is 0 Å². The highest BCUT2D eigenvalue weighted by Crippen LogP contribution is 2.24. The minimum absolute atomic E-state index is 0.183. The quantitative estimate of drug-likeness (QED) is 0.676. The minimum Gasteiger partial charge on any atom is -0.396 e. The van der Waals surface area contributed by atoms with Crippen molar-refractivity contribution in [1.82, 2.24) is 15.0 Å². The molecule has 0 spiro atoms. The molecule has 0 aliphatic heterocycles. The zero-order valence-corrected chi connectivity index (χ0v) is 13.6. The van der Waals surface area contributed by atoms with Crippen LogP contribution in [0.25, 0.3) is 0 Å². The number of hydrogen-bond acceptors (Lipinski definition) is 7. The van der Waals surface area contributed by atoms with Gasteiger partial charge in [0, 0.05) is 31.5 Å². The van der Waals surface area contributed by atoms with Gasteiger partial charge >= 0.3 is 0 Å². The normalized spacial score (nSPS) is 12.2. The van der Waals surface area contributed by atoms with Crippen LogP contribution in [0.15, 0.2) is 5.16 Å². The molecule has 6 nitrogen and oxygen atoms in total. The van der Waals surface area contributed by atoms with E-state index in [9.17, 15) is 0 Å². The largest absolute Gasteiger partial charge is 0.396 e. The van der Waals surface area contributed by atoms with E-state index in [2.05, 4.69) is 45.9 Å². The van der Waals surface area contributed by atoms with Crippen LogP contribution in [0.5, 0.6) is 0 Å². The summed E-state index contributed by atoms with van der Waals surface area (Å²) in [6.45, 7) is 10.9. The molecule has 1 heterocycles. The van der Waals surface area contributed by atoms with Crippen LogP contribution in [0.4, 0.5) is 11.9 Å². The Labute approximate surface area is 125 Å². The first-order valence-electron chi connectivity index (χ1n) is 7.16. The van der Waals surface area contributed by atoms with Crippen molar-refractivity contribution >= 4 is 23.7 Å². The van der Waals surface area contributed by atoms with Crippen molar-refractivity contribution in [3.8, 4) is 0 Å². The molecule has 0 radical (unpaired) electrons. The molecule has 1 unspecified atom stereocenters. The van der Waals surface area contributed by atoms with Crippen LogP contribution in [0.2, 0.25) is 0 Å². The summed E-state index contributed by atoms with van der Waals surface area (Å²) in [5, 5.41) is 13.1. The van der Waals surface area contributed by atoms with Gasteiger partial charge in [-0.2, -0.15) is 15.0 Å². The SMILES string of the molecule is CCNc1nc(SC(C)CCO)nc(N(CC)CC)n1. The Morgan fingerprint density at radius 1 is 1.20 bits per heavy atom. The van der Waals surface area contributed by atoms with Crippen molar-refractivity contribution in [3.05, 3.63) is 0 Å². The topological polar surface area (TPSA) is 74.2 Å². The van der Waals surface area contributed by atoms with E-state index in [1.807, 2.05) is 6.92 Å². The Morgan fingerprint density at radius 2 is 1.90 bits per heavy atom. The maximum Gasteiger partial charge on any atom is 0.231 e. The van der Waals surface area contributed by atoms with Crippen molar-refractivity contribution in [3.63, 3.8) is 0 Å². The first-order chi connectivity index (χ1) is 9.64. The number of rotatable bonds is 9. The smallest absolute Gasteiger partial charge is 0.231 e. The van der Waals surface area contributed by atoms with Crippen LogP contribution in [0.3, 0.4) is 0 Å². The second kappa shape index (κ2) is 8.97. The van der Waals surface area contributed by atoms with Crippen LogP contribution in [-0.2, 0) is 0 Å². The second-order valence-electron chi connectivity index (χ2n) is 4.38. The van der Waals surface area contributed by atoms with E-state index in [0.29, 0.717) is 17.1 Å². The van der Waals surface area contributed by atoms with Gasteiger partial charge in [-0.05, 0) is 27.2 Å². The molecule has 0 amide bonds. The Balaban J connectivity index is 2.97. The van der Waals surface area contributed by atoms with Gasteiger partial charge in [0.05, 0.1) is 0 Å². The maximum absolute atomic E-state index is 8.99. The summed E-state index contributed by atoms with van der Waals surface area (Å²) in [5.74, 6) is 1.32. The van der Waals surface area contributed by atoms with Crippen molar-refractivity contribution < 1.29 is 5.11 Å². The van der Waals surface area contributed by atoms with Crippen molar-refractivity contribution in [2.45, 2.75) is 44.5 Å². The van der Waals surface area contributed by atoms with Gasteiger partial charge < -0.3 is 15.3 Å². The molecule has 1 aromatic rings. The van der Waals surface area contributed by atoms with Gasteiger partial charge in [0.25, 0.3) is 0 Å². The molecule has 1 rings (SSSR count). The molecular formula is C13H25N5OS. The molecule has 114 valence electrons. The highest BCUT2D eigenvalue weighted by Gasteiger charge is 2.13. The van der Waals surface area contributed by atoms with E-state index in [4.69, 9.17) is 5.11 Å². The lowest BCUT2D eigenvalue weighted by Gasteiger charge is -2.20. The van der Waals surface area contributed by atoms with E-state index in [1.165, 1.54) is 0 Å². The van der Waals surface area contributed by atoms with E-state index >= 15 is 0 Å². The van der Waals surface area contributed by atoms with Crippen molar-refractivity contribution in [2.24, 2.45) is 0 Å². The van der Waals surface area contributed by atoms with Gasteiger partial charge in [-0.15, -0.1) is 0 Å². The molecule has 0 saturated carbocycles. The molecule has 0 aromatic carbocycles. The number of aliphatic hydroxyl groups is 1. The Hall–Kier alpha value is -1.08. The molecule has 0 saturated heterocycles. The predicted molar refractivity (Wildman–Crippen MR) is 84.6 cm³/mol. The van der Waals surface area contributed by atoms with Gasteiger partial charge in [-0.1, -0.05) is 18.7 Å². The first-order valence-corrected chi connectivity index (χ1v) is 8.04. The summed E-state index contributed by atoms with van der Waals surface area (Å²) in [6, 6.07) is 0. The summed E-state index contributed by atoms with van der Waals surface area (Å²) >= 11 is 1.57. The molecule has 1 aromatic heterocycles. The number of hydrogen-bond donors (Lipinski definition) is 2. The van der Waals surface area contributed by atoms with Crippen LogP contribution in [-0.4, -0.2) is 51.5 Å². The first kappa shape index (κ1) is 17.0. The number of aliphatic hydroxyl groups excluding tert-OH is 1. The lowest BCUT2D eigenvalue weighted by molar-refractivity contribution is 0.289. The van der Waals surface area contributed by atoms with Crippen LogP contribution in [0.1, 0.15) is 34.1 Å². The third-order valence-corrected chi connectivity index (χ3v) is 3.86. The summed E-state index contributed by atoms with van der Waals surface area (Å²) in [4.78, 5) is 15.5. The average molecular weight is 299 g/mol. The van der Waals surface area contributed by atoms with Crippen molar-refractivity contribution in [2.75, 3.05) is 36.5 Å². The van der Waals surface area contributed by atoms with Crippen LogP contribution >= 0.6 is 11.8 Å². The number of anilines is 2. The van der Waals surface area contributed by atoms with Gasteiger partial charge in [-0.25, -0.2) is 0 Å². The Bertz CT molecular complexity index is 400. The highest BCUT2D eigenvalue weighted by atomic mass is 32.2. The van der Waals surface area contributed by atoms with E-state index < -0.39 is 0 Å². The lowest BCUT2D eigenvalue weighted by atomic mass is 10.4. The monoisotopic (exact) mass is 299 g/mol. The van der Waals surface area contributed by atoms with E-state index in [-0.39, 0.29) is 11.9 Å². The molecule has 7 heteroatoms. The lowest BCUT2D eigenvalue weighted by Crippen LogP contribution is -2.25. The zero-order valence-electron chi connectivity index (χ0n) is 12.8. The average Bonchev–Trinajstić information content (AvgIpc) is 2.40. The summed E-state index contributed by atoms with van der Waals surface area (Å²) < 4.78 is 0. The maximum atomic E-state index is 8.99. The van der Waals surface area contributed by atoms with Crippen LogP contribution in [0, 0.1) is 0 Å².